The first-order valence-electron chi connectivity index (χ1n) is 7.60. The van der Waals surface area contributed by atoms with Gasteiger partial charge in [0, 0.05) is 30.2 Å². The fourth-order valence-electron chi connectivity index (χ4n) is 3.08. The van der Waals surface area contributed by atoms with Crippen LogP contribution in [0.5, 0.6) is 11.5 Å². The Morgan fingerprint density at radius 1 is 1.24 bits per heavy atom. The van der Waals surface area contributed by atoms with Gasteiger partial charge in [0.1, 0.15) is 0 Å². The smallest absolute Gasteiger partial charge is 0.231 e. The predicted octanol–water partition coefficient (Wildman–Crippen LogP) is 2.98. The molecule has 3 rings (SSSR count). The molecule has 0 spiro atoms. The van der Waals surface area contributed by atoms with E-state index in [0.29, 0.717) is 12.8 Å². The molecule has 5 heteroatoms. The van der Waals surface area contributed by atoms with Gasteiger partial charge in [-0.05, 0) is 45.1 Å². The second-order valence-electron chi connectivity index (χ2n) is 6.15. The molecular formula is C16H23ClN2O2. The van der Waals surface area contributed by atoms with Crippen molar-refractivity contribution in [1.29, 1.82) is 0 Å². The SMILES string of the molecule is CN(C)C1CCCCN(Cc2cc3c(cc2Cl)OCO3)C1. The van der Waals surface area contributed by atoms with Gasteiger partial charge in [-0.25, -0.2) is 0 Å². The molecule has 2 aliphatic heterocycles. The van der Waals surface area contributed by atoms with Crippen molar-refractivity contribution < 1.29 is 9.47 Å². The molecule has 2 heterocycles. The third kappa shape index (κ3) is 3.44. The summed E-state index contributed by atoms with van der Waals surface area (Å²) in [5, 5.41) is 0.768. The van der Waals surface area contributed by atoms with Crippen molar-refractivity contribution in [2.75, 3.05) is 34.0 Å². The minimum Gasteiger partial charge on any atom is -0.454 e. The Balaban J connectivity index is 1.73. The second kappa shape index (κ2) is 6.42. The van der Waals surface area contributed by atoms with Gasteiger partial charge >= 0.3 is 0 Å². The molecule has 0 bridgehead atoms. The van der Waals surface area contributed by atoms with Gasteiger partial charge in [-0.2, -0.15) is 0 Å². The summed E-state index contributed by atoms with van der Waals surface area (Å²) in [6.07, 6.45) is 3.83. The molecule has 0 aromatic heterocycles. The number of nitrogens with zero attached hydrogens (tertiary/aromatic N) is 2. The van der Waals surface area contributed by atoms with Crippen molar-refractivity contribution >= 4 is 11.6 Å². The van der Waals surface area contributed by atoms with Crippen LogP contribution in [0.25, 0.3) is 0 Å². The number of halogens is 1. The average Bonchev–Trinajstić information content (AvgIpc) is 2.75. The predicted molar refractivity (Wildman–Crippen MR) is 84.2 cm³/mol. The second-order valence-corrected chi connectivity index (χ2v) is 6.55. The number of benzene rings is 1. The summed E-state index contributed by atoms with van der Waals surface area (Å²) in [7, 11) is 4.34. The summed E-state index contributed by atoms with van der Waals surface area (Å²) >= 11 is 6.39. The van der Waals surface area contributed by atoms with Crippen molar-refractivity contribution in [3.8, 4) is 11.5 Å². The molecule has 0 radical (unpaired) electrons. The molecule has 1 aromatic rings. The van der Waals surface area contributed by atoms with E-state index >= 15 is 0 Å². The molecule has 2 aliphatic rings. The van der Waals surface area contributed by atoms with Crippen LogP contribution in [0.4, 0.5) is 0 Å². The Morgan fingerprint density at radius 3 is 2.76 bits per heavy atom. The summed E-state index contributed by atoms with van der Waals surface area (Å²) in [5.41, 5.74) is 1.13. The molecule has 1 fully saturated rings. The highest BCUT2D eigenvalue weighted by Crippen LogP contribution is 2.37. The van der Waals surface area contributed by atoms with Crippen LogP contribution in [0.1, 0.15) is 24.8 Å². The van der Waals surface area contributed by atoms with E-state index in [2.05, 4.69) is 23.9 Å². The van der Waals surface area contributed by atoms with Crippen molar-refractivity contribution in [2.24, 2.45) is 0 Å². The maximum Gasteiger partial charge on any atom is 0.231 e. The largest absolute Gasteiger partial charge is 0.454 e. The van der Waals surface area contributed by atoms with E-state index in [9.17, 15) is 0 Å². The summed E-state index contributed by atoms with van der Waals surface area (Å²) in [6.45, 7) is 3.40. The lowest BCUT2D eigenvalue weighted by atomic mass is 10.1. The first-order valence-corrected chi connectivity index (χ1v) is 7.98. The average molecular weight is 311 g/mol. The molecule has 0 N–H and O–H groups in total. The van der Waals surface area contributed by atoms with Gasteiger partial charge in [-0.3, -0.25) is 4.90 Å². The third-order valence-corrected chi connectivity index (χ3v) is 4.75. The number of rotatable bonds is 3. The van der Waals surface area contributed by atoms with E-state index in [1.54, 1.807) is 0 Å². The number of likely N-dealkylation sites (tertiary alicyclic amines) is 1. The molecule has 116 valence electrons. The highest BCUT2D eigenvalue weighted by atomic mass is 35.5. The Morgan fingerprint density at radius 2 is 2.00 bits per heavy atom. The lowest BCUT2D eigenvalue weighted by molar-refractivity contribution is 0.173. The molecule has 21 heavy (non-hydrogen) atoms. The van der Waals surface area contributed by atoms with Crippen LogP contribution in [0.15, 0.2) is 12.1 Å². The van der Waals surface area contributed by atoms with Gasteiger partial charge in [0.15, 0.2) is 11.5 Å². The number of hydrogen-bond acceptors (Lipinski definition) is 4. The molecule has 0 amide bonds. The van der Waals surface area contributed by atoms with Gasteiger partial charge in [0.05, 0.1) is 0 Å². The highest BCUT2D eigenvalue weighted by molar-refractivity contribution is 6.31. The molecule has 1 saturated heterocycles. The Hall–Kier alpha value is -0.970. The standard InChI is InChI=1S/C16H23ClN2O2/c1-18(2)13-5-3-4-6-19(10-13)9-12-7-15-16(8-14(12)17)21-11-20-15/h7-8,13H,3-6,9-11H2,1-2H3. The van der Waals surface area contributed by atoms with E-state index in [1.165, 1.54) is 19.3 Å². The number of ether oxygens (including phenoxy) is 2. The Labute approximate surface area is 131 Å². The number of likely N-dealkylation sites (N-methyl/N-ethyl adjacent to an activating group) is 1. The topological polar surface area (TPSA) is 24.9 Å². The Kier molecular flexibility index (Phi) is 4.57. The van der Waals surface area contributed by atoms with Crippen LogP contribution in [-0.4, -0.2) is 49.8 Å². The maximum absolute atomic E-state index is 6.39. The minimum absolute atomic E-state index is 0.293. The first-order chi connectivity index (χ1) is 10.1. The van der Waals surface area contributed by atoms with E-state index in [-0.39, 0.29) is 0 Å². The van der Waals surface area contributed by atoms with Crippen molar-refractivity contribution in [2.45, 2.75) is 31.8 Å². The molecule has 1 aromatic carbocycles. The van der Waals surface area contributed by atoms with Crippen molar-refractivity contribution in [3.63, 3.8) is 0 Å². The fraction of sp³-hybridized carbons (Fsp3) is 0.625. The normalized spacial score (nSPS) is 22.6. The zero-order valence-electron chi connectivity index (χ0n) is 12.8. The summed E-state index contributed by atoms with van der Waals surface area (Å²) in [4.78, 5) is 4.83. The van der Waals surface area contributed by atoms with E-state index < -0.39 is 0 Å². The van der Waals surface area contributed by atoms with E-state index in [0.717, 1.165) is 41.7 Å². The lowest BCUT2D eigenvalue weighted by Gasteiger charge is -2.28. The van der Waals surface area contributed by atoms with E-state index in [1.807, 2.05) is 12.1 Å². The minimum atomic E-state index is 0.293. The summed E-state index contributed by atoms with van der Waals surface area (Å²) in [6, 6.07) is 4.53. The Bertz CT molecular complexity index is 507. The van der Waals surface area contributed by atoms with Gasteiger partial charge in [-0.15, -0.1) is 0 Å². The molecule has 4 nitrogen and oxygen atoms in total. The number of fused-ring (bicyclic) bond motifs is 1. The fourth-order valence-corrected chi connectivity index (χ4v) is 3.30. The molecule has 1 atom stereocenters. The zero-order chi connectivity index (χ0) is 14.8. The lowest BCUT2D eigenvalue weighted by Crippen LogP contribution is -2.38. The monoisotopic (exact) mass is 310 g/mol. The van der Waals surface area contributed by atoms with Gasteiger partial charge in [-0.1, -0.05) is 18.0 Å². The van der Waals surface area contributed by atoms with Crippen molar-refractivity contribution in [3.05, 3.63) is 22.7 Å². The molecule has 0 aliphatic carbocycles. The molecule has 0 saturated carbocycles. The highest BCUT2D eigenvalue weighted by Gasteiger charge is 2.22. The van der Waals surface area contributed by atoms with Crippen LogP contribution in [0.3, 0.4) is 0 Å². The number of hydrogen-bond donors (Lipinski definition) is 0. The van der Waals surface area contributed by atoms with Crippen LogP contribution in [0, 0.1) is 0 Å². The summed E-state index contributed by atoms with van der Waals surface area (Å²) < 4.78 is 10.8. The van der Waals surface area contributed by atoms with E-state index in [4.69, 9.17) is 21.1 Å². The molecular weight excluding hydrogens is 288 g/mol. The quantitative estimate of drug-likeness (QED) is 0.857. The molecule has 1 unspecified atom stereocenters. The van der Waals surface area contributed by atoms with Gasteiger partial charge < -0.3 is 14.4 Å². The van der Waals surface area contributed by atoms with Gasteiger partial charge in [0.2, 0.25) is 6.79 Å². The van der Waals surface area contributed by atoms with Crippen LogP contribution >= 0.6 is 11.6 Å². The van der Waals surface area contributed by atoms with Crippen LogP contribution in [0.2, 0.25) is 5.02 Å². The first kappa shape index (κ1) is 14.9. The maximum atomic E-state index is 6.39. The summed E-state index contributed by atoms with van der Waals surface area (Å²) in [5.74, 6) is 1.57. The van der Waals surface area contributed by atoms with Crippen LogP contribution < -0.4 is 9.47 Å². The van der Waals surface area contributed by atoms with Crippen LogP contribution in [-0.2, 0) is 6.54 Å². The van der Waals surface area contributed by atoms with Gasteiger partial charge in [0.25, 0.3) is 0 Å². The van der Waals surface area contributed by atoms with Crippen molar-refractivity contribution in [1.82, 2.24) is 9.80 Å². The zero-order valence-corrected chi connectivity index (χ0v) is 13.5. The third-order valence-electron chi connectivity index (χ3n) is 4.40.